The number of para-hydroxylation sites is 1. The third-order valence-electron chi connectivity index (χ3n) is 5.48. The van der Waals surface area contributed by atoms with E-state index in [0.29, 0.717) is 5.56 Å². The van der Waals surface area contributed by atoms with E-state index in [1.54, 1.807) is 0 Å². The van der Waals surface area contributed by atoms with Gasteiger partial charge in [0.15, 0.2) is 0 Å². The minimum atomic E-state index is -2.89. The molecule has 0 unspecified atom stereocenters. The van der Waals surface area contributed by atoms with Crippen molar-refractivity contribution in [1.82, 2.24) is 4.98 Å². The predicted octanol–water partition coefficient (Wildman–Crippen LogP) is 5.99. The Morgan fingerprint density at radius 1 is 0.962 bits per heavy atom. The van der Waals surface area contributed by atoms with Crippen LogP contribution in [0.15, 0.2) is 30.3 Å². The third-order valence-corrected chi connectivity index (χ3v) is 20.7. The van der Waals surface area contributed by atoms with Crippen LogP contribution in [-0.4, -0.2) is 34.4 Å². The summed E-state index contributed by atoms with van der Waals surface area (Å²) in [5.41, 5.74) is 1.45. The number of carbonyl (C=O) groups is 1. The number of hydrogen-bond acceptors (Lipinski definition) is 2. The summed E-state index contributed by atoms with van der Waals surface area (Å²) >= 11 is -2.89. The van der Waals surface area contributed by atoms with Crippen molar-refractivity contribution in [2.45, 2.75) is 72.6 Å². The molecule has 1 aromatic carbocycles. The van der Waals surface area contributed by atoms with Crippen molar-refractivity contribution < 1.29 is 9.90 Å². The summed E-state index contributed by atoms with van der Waals surface area (Å²) in [4.78, 5) is 17.2. The normalized spacial score (nSPS) is 11.8. The average Bonchev–Trinajstić information content (AvgIpc) is 2.66. The minimum absolute atomic E-state index is 0.489. The first-order valence-electron chi connectivity index (χ1n) is 10.2. The fourth-order valence-corrected chi connectivity index (χ4v) is 20.1. The molecule has 0 aliphatic rings. The van der Waals surface area contributed by atoms with E-state index in [4.69, 9.17) is 4.98 Å². The molecule has 2 aromatic rings. The SMILES string of the molecule is CCC[CH2][Sn]([CH2]CCC)([CH2]CCC)[c]1nc2ccccc2cc1C(=O)O. The fraction of sp³-hybridized carbons (Fsp3) is 0.545. The van der Waals surface area contributed by atoms with Crippen LogP contribution < -0.4 is 3.71 Å². The van der Waals surface area contributed by atoms with Crippen LogP contribution in [0.5, 0.6) is 0 Å². The molecule has 0 bridgehead atoms. The fourth-order valence-electron chi connectivity index (χ4n) is 3.96. The van der Waals surface area contributed by atoms with E-state index in [-0.39, 0.29) is 0 Å². The number of hydrogen-bond donors (Lipinski definition) is 1. The number of rotatable bonds is 11. The Kier molecular flexibility index (Phi) is 8.39. The topological polar surface area (TPSA) is 50.2 Å². The van der Waals surface area contributed by atoms with Crippen molar-refractivity contribution in [3.8, 4) is 0 Å². The van der Waals surface area contributed by atoms with E-state index in [1.165, 1.54) is 51.8 Å². The van der Waals surface area contributed by atoms with Crippen molar-refractivity contribution in [2.75, 3.05) is 0 Å². The number of carboxylic acids is 1. The molecule has 0 aliphatic carbocycles. The van der Waals surface area contributed by atoms with Crippen LogP contribution >= 0.6 is 0 Å². The molecule has 0 amide bonds. The molecular formula is C22H33NO2Sn. The van der Waals surface area contributed by atoms with E-state index < -0.39 is 24.3 Å². The molecule has 1 heterocycles. The van der Waals surface area contributed by atoms with E-state index in [0.717, 1.165) is 14.6 Å². The summed E-state index contributed by atoms with van der Waals surface area (Å²) in [5.74, 6) is -0.802. The number of carboxylic acid groups (broad SMARTS) is 1. The zero-order valence-corrected chi connectivity index (χ0v) is 19.4. The number of aromatic carboxylic acids is 1. The zero-order chi connectivity index (χ0) is 19.0. The zero-order valence-electron chi connectivity index (χ0n) is 16.6. The molecule has 0 fully saturated rings. The molecule has 1 aromatic heterocycles. The van der Waals surface area contributed by atoms with Gasteiger partial charge in [-0.3, -0.25) is 0 Å². The van der Waals surface area contributed by atoms with Gasteiger partial charge in [-0.2, -0.15) is 0 Å². The monoisotopic (exact) mass is 463 g/mol. The number of fused-ring (bicyclic) bond motifs is 1. The predicted molar refractivity (Wildman–Crippen MR) is 113 cm³/mol. The van der Waals surface area contributed by atoms with E-state index in [1.807, 2.05) is 30.3 Å². The van der Waals surface area contributed by atoms with Crippen molar-refractivity contribution in [3.63, 3.8) is 0 Å². The summed E-state index contributed by atoms with van der Waals surface area (Å²) in [6.45, 7) is 6.71. The molecule has 0 aliphatic heterocycles. The van der Waals surface area contributed by atoms with Gasteiger partial charge in [0.25, 0.3) is 0 Å². The van der Waals surface area contributed by atoms with Crippen LogP contribution in [0.25, 0.3) is 10.9 Å². The molecule has 26 heavy (non-hydrogen) atoms. The Morgan fingerprint density at radius 2 is 1.50 bits per heavy atom. The average molecular weight is 462 g/mol. The molecule has 3 nitrogen and oxygen atoms in total. The first-order valence-corrected chi connectivity index (χ1v) is 17.7. The summed E-state index contributed by atoms with van der Waals surface area (Å²) in [5, 5.41) is 10.9. The Labute approximate surface area is 162 Å². The molecule has 142 valence electrons. The molecule has 0 saturated heterocycles. The van der Waals surface area contributed by atoms with E-state index in [2.05, 4.69) is 20.8 Å². The van der Waals surface area contributed by atoms with Gasteiger partial charge in [0.1, 0.15) is 0 Å². The maximum absolute atomic E-state index is 12.1. The number of pyridine rings is 1. The molecule has 2 rings (SSSR count). The molecule has 1 N–H and O–H groups in total. The summed E-state index contributed by atoms with van der Waals surface area (Å²) in [6, 6.07) is 9.84. The second kappa shape index (κ2) is 10.3. The number of nitrogens with zero attached hydrogens (tertiary/aromatic N) is 1. The van der Waals surface area contributed by atoms with Crippen molar-refractivity contribution in [1.29, 1.82) is 0 Å². The summed E-state index contributed by atoms with van der Waals surface area (Å²) in [7, 11) is 0. The number of benzene rings is 1. The standard InChI is InChI=1S/C10H6NO2.3C4H9.Sn/c12-10(13)8-5-7-3-1-2-4-9(7)11-6-8;3*1-3-4-2;/h1-5H,(H,12,13);3*1,3-4H2,2H3;. The van der Waals surface area contributed by atoms with E-state index in [9.17, 15) is 9.90 Å². The van der Waals surface area contributed by atoms with Crippen molar-refractivity contribution in [2.24, 2.45) is 0 Å². The Morgan fingerprint density at radius 3 is 2.00 bits per heavy atom. The van der Waals surface area contributed by atoms with Gasteiger partial charge in [-0.25, -0.2) is 0 Å². The number of unbranched alkanes of at least 4 members (excludes halogenated alkanes) is 3. The Bertz CT molecular complexity index is 707. The molecule has 0 radical (unpaired) electrons. The van der Waals surface area contributed by atoms with E-state index >= 15 is 0 Å². The van der Waals surface area contributed by atoms with Gasteiger partial charge < -0.3 is 0 Å². The quantitative estimate of drug-likeness (QED) is 0.418. The molecular weight excluding hydrogens is 429 g/mol. The van der Waals surface area contributed by atoms with Crippen molar-refractivity contribution in [3.05, 3.63) is 35.9 Å². The van der Waals surface area contributed by atoms with Crippen LogP contribution in [-0.2, 0) is 0 Å². The van der Waals surface area contributed by atoms with Crippen LogP contribution in [0.3, 0.4) is 0 Å². The third kappa shape index (κ3) is 4.99. The van der Waals surface area contributed by atoms with Crippen LogP contribution in [0.2, 0.25) is 13.3 Å². The number of aromatic nitrogens is 1. The first kappa shape index (κ1) is 21.2. The van der Waals surface area contributed by atoms with Gasteiger partial charge in [-0.15, -0.1) is 0 Å². The summed E-state index contributed by atoms with van der Waals surface area (Å²) in [6.07, 6.45) is 7.14. The maximum atomic E-state index is 12.1. The molecule has 0 saturated carbocycles. The van der Waals surface area contributed by atoms with Gasteiger partial charge in [0.05, 0.1) is 0 Å². The summed E-state index contributed by atoms with van der Waals surface area (Å²) < 4.78 is 4.73. The van der Waals surface area contributed by atoms with Gasteiger partial charge in [-0.05, 0) is 0 Å². The second-order valence-corrected chi connectivity index (χ2v) is 20.4. The van der Waals surface area contributed by atoms with Gasteiger partial charge >= 0.3 is 162 Å². The second-order valence-electron chi connectivity index (χ2n) is 7.47. The van der Waals surface area contributed by atoms with Gasteiger partial charge in [0, 0.05) is 0 Å². The van der Waals surface area contributed by atoms with Crippen LogP contribution in [0.4, 0.5) is 0 Å². The molecule has 0 atom stereocenters. The van der Waals surface area contributed by atoms with Gasteiger partial charge in [0.2, 0.25) is 0 Å². The molecule has 4 heteroatoms. The van der Waals surface area contributed by atoms with Crippen molar-refractivity contribution >= 4 is 39.0 Å². The Hall–Kier alpha value is -1.10. The Balaban J connectivity index is 2.65. The van der Waals surface area contributed by atoms with Gasteiger partial charge in [-0.1, -0.05) is 0 Å². The first-order chi connectivity index (χ1) is 12.6. The van der Waals surface area contributed by atoms with Crippen LogP contribution in [0, 0.1) is 0 Å². The van der Waals surface area contributed by atoms with Crippen LogP contribution in [0.1, 0.15) is 69.7 Å². The molecule has 0 spiro atoms.